The first-order chi connectivity index (χ1) is 11.6. The van der Waals surface area contributed by atoms with Gasteiger partial charge in [-0.05, 0) is 31.4 Å². The maximum Gasteiger partial charge on any atom is 0.106 e. The molecule has 4 rings (SSSR count). The van der Waals surface area contributed by atoms with Gasteiger partial charge in [0.15, 0.2) is 0 Å². The standard InChI is InChI=1S/C17H24N4O2S/c1-11-6-12-4-5-23-17(16(12)24-11)7-13(10-22-3)18-14(8-17)15-9-21(2)20-19-15/h6,9,13-14,18H,4-5,7-8,10H2,1-3H3. The van der Waals surface area contributed by atoms with Crippen LogP contribution in [0.15, 0.2) is 12.3 Å². The number of nitrogens with zero attached hydrogens (tertiary/aromatic N) is 3. The van der Waals surface area contributed by atoms with Crippen molar-refractivity contribution in [2.24, 2.45) is 7.05 Å². The molecular formula is C17H24N4O2S. The summed E-state index contributed by atoms with van der Waals surface area (Å²) in [4.78, 5) is 2.77. The lowest BCUT2D eigenvalue weighted by atomic mass is 9.79. The molecule has 2 aromatic heterocycles. The predicted molar refractivity (Wildman–Crippen MR) is 92.2 cm³/mol. The Bertz CT molecular complexity index is 728. The van der Waals surface area contributed by atoms with Gasteiger partial charge in [0.1, 0.15) is 5.60 Å². The minimum Gasteiger partial charge on any atom is -0.383 e. The van der Waals surface area contributed by atoms with Crippen molar-refractivity contribution < 1.29 is 9.47 Å². The van der Waals surface area contributed by atoms with Crippen molar-refractivity contribution in [2.45, 2.75) is 43.9 Å². The van der Waals surface area contributed by atoms with Crippen LogP contribution in [0.2, 0.25) is 0 Å². The van der Waals surface area contributed by atoms with Gasteiger partial charge in [0.2, 0.25) is 0 Å². The van der Waals surface area contributed by atoms with Gasteiger partial charge in [-0.25, -0.2) is 0 Å². The fraction of sp³-hybridized carbons (Fsp3) is 0.647. The Labute approximate surface area is 146 Å². The Hall–Kier alpha value is -1.28. The molecule has 130 valence electrons. The van der Waals surface area contributed by atoms with E-state index in [1.165, 1.54) is 15.3 Å². The molecule has 0 amide bonds. The molecule has 1 fully saturated rings. The van der Waals surface area contributed by atoms with Crippen molar-refractivity contribution in [1.82, 2.24) is 20.3 Å². The highest BCUT2D eigenvalue weighted by Crippen LogP contribution is 2.48. The molecule has 0 aliphatic carbocycles. The van der Waals surface area contributed by atoms with E-state index in [1.807, 2.05) is 24.6 Å². The van der Waals surface area contributed by atoms with Crippen LogP contribution in [0, 0.1) is 6.92 Å². The van der Waals surface area contributed by atoms with Crippen LogP contribution in [0.25, 0.3) is 0 Å². The van der Waals surface area contributed by atoms with Crippen LogP contribution in [0.1, 0.15) is 39.9 Å². The summed E-state index contributed by atoms with van der Waals surface area (Å²) in [5, 5.41) is 12.1. The Kier molecular flexibility index (Phi) is 4.20. The third kappa shape index (κ3) is 2.79. The third-order valence-electron chi connectivity index (χ3n) is 4.99. The summed E-state index contributed by atoms with van der Waals surface area (Å²) in [6, 6.07) is 2.69. The van der Waals surface area contributed by atoms with Crippen molar-refractivity contribution in [1.29, 1.82) is 0 Å². The second-order valence-electron chi connectivity index (χ2n) is 6.90. The van der Waals surface area contributed by atoms with Gasteiger partial charge in [0.25, 0.3) is 0 Å². The quantitative estimate of drug-likeness (QED) is 0.920. The van der Waals surface area contributed by atoms with E-state index in [0.717, 1.165) is 31.6 Å². The van der Waals surface area contributed by atoms with E-state index in [2.05, 4.69) is 28.6 Å². The molecule has 3 unspecified atom stereocenters. The van der Waals surface area contributed by atoms with Crippen LogP contribution in [0.5, 0.6) is 0 Å². The van der Waals surface area contributed by atoms with Crippen LogP contribution >= 0.6 is 11.3 Å². The molecule has 1 N–H and O–H groups in total. The zero-order valence-electron chi connectivity index (χ0n) is 14.4. The number of thiophene rings is 1. The van der Waals surface area contributed by atoms with E-state index in [9.17, 15) is 0 Å². The molecule has 0 saturated carbocycles. The first-order valence-corrected chi connectivity index (χ1v) is 9.26. The van der Waals surface area contributed by atoms with Crippen LogP contribution in [-0.4, -0.2) is 41.4 Å². The van der Waals surface area contributed by atoms with Gasteiger partial charge >= 0.3 is 0 Å². The number of piperidine rings is 1. The number of fused-ring (bicyclic) bond motifs is 2. The average Bonchev–Trinajstić information content (AvgIpc) is 3.14. The fourth-order valence-corrected chi connectivity index (χ4v) is 5.33. The summed E-state index contributed by atoms with van der Waals surface area (Å²) >= 11 is 1.88. The molecule has 0 radical (unpaired) electrons. The minimum atomic E-state index is -0.233. The van der Waals surface area contributed by atoms with Gasteiger partial charge < -0.3 is 14.8 Å². The smallest absolute Gasteiger partial charge is 0.106 e. The number of aromatic nitrogens is 3. The summed E-state index contributed by atoms with van der Waals surface area (Å²) in [5.74, 6) is 0. The second kappa shape index (κ2) is 6.22. The van der Waals surface area contributed by atoms with Gasteiger partial charge in [-0.3, -0.25) is 4.68 Å². The fourth-order valence-electron chi connectivity index (χ4n) is 4.10. The van der Waals surface area contributed by atoms with E-state index in [1.54, 1.807) is 11.8 Å². The number of ether oxygens (including phenoxy) is 2. The van der Waals surface area contributed by atoms with Gasteiger partial charge in [-0.2, -0.15) is 0 Å². The number of hydrogen-bond donors (Lipinski definition) is 1. The van der Waals surface area contributed by atoms with Gasteiger partial charge in [0, 0.05) is 42.6 Å². The molecule has 0 aromatic carbocycles. The van der Waals surface area contributed by atoms with Crippen molar-refractivity contribution >= 4 is 11.3 Å². The van der Waals surface area contributed by atoms with Crippen LogP contribution in [0.4, 0.5) is 0 Å². The van der Waals surface area contributed by atoms with E-state index < -0.39 is 0 Å². The second-order valence-corrected chi connectivity index (χ2v) is 8.16. The molecule has 2 aromatic rings. The lowest BCUT2D eigenvalue weighted by Crippen LogP contribution is -2.52. The first-order valence-electron chi connectivity index (χ1n) is 8.44. The van der Waals surface area contributed by atoms with Gasteiger partial charge in [-0.15, -0.1) is 16.4 Å². The Morgan fingerprint density at radius 2 is 2.38 bits per heavy atom. The van der Waals surface area contributed by atoms with Crippen LogP contribution in [-0.2, 0) is 28.5 Å². The average molecular weight is 348 g/mol. The van der Waals surface area contributed by atoms with Crippen LogP contribution < -0.4 is 5.32 Å². The Balaban J connectivity index is 1.71. The zero-order chi connectivity index (χ0) is 16.7. The van der Waals surface area contributed by atoms with E-state index in [4.69, 9.17) is 9.47 Å². The lowest BCUT2D eigenvalue weighted by molar-refractivity contribution is -0.102. The normalized spacial score (nSPS) is 29.8. The lowest BCUT2D eigenvalue weighted by Gasteiger charge is -2.46. The number of rotatable bonds is 3. The first kappa shape index (κ1) is 16.2. The third-order valence-corrected chi connectivity index (χ3v) is 6.27. The summed E-state index contributed by atoms with van der Waals surface area (Å²) in [5.41, 5.74) is 2.20. The molecule has 4 heterocycles. The number of methoxy groups -OCH3 is 1. The van der Waals surface area contributed by atoms with E-state index >= 15 is 0 Å². The summed E-state index contributed by atoms with van der Waals surface area (Å²) in [6.07, 6.45) is 4.83. The van der Waals surface area contributed by atoms with E-state index in [0.29, 0.717) is 6.61 Å². The van der Waals surface area contributed by atoms with Crippen molar-refractivity contribution in [3.05, 3.63) is 33.3 Å². The molecule has 24 heavy (non-hydrogen) atoms. The summed E-state index contributed by atoms with van der Waals surface area (Å²) in [7, 11) is 3.66. The number of nitrogens with one attached hydrogen (secondary N) is 1. The molecular weight excluding hydrogens is 324 g/mol. The highest BCUT2D eigenvalue weighted by molar-refractivity contribution is 7.12. The Morgan fingerprint density at radius 3 is 3.12 bits per heavy atom. The molecule has 1 spiro atoms. The summed E-state index contributed by atoms with van der Waals surface area (Å²) < 4.78 is 13.6. The molecule has 1 saturated heterocycles. The van der Waals surface area contributed by atoms with Crippen molar-refractivity contribution in [3.63, 3.8) is 0 Å². The Morgan fingerprint density at radius 1 is 1.50 bits per heavy atom. The number of hydrogen-bond acceptors (Lipinski definition) is 6. The highest BCUT2D eigenvalue weighted by Gasteiger charge is 2.47. The largest absolute Gasteiger partial charge is 0.383 e. The predicted octanol–water partition coefficient (Wildman–Crippen LogP) is 2.09. The summed E-state index contributed by atoms with van der Waals surface area (Å²) in [6.45, 7) is 3.64. The minimum absolute atomic E-state index is 0.126. The van der Waals surface area contributed by atoms with Gasteiger partial charge in [0.05, 0.1) is 24.9 Å². The van der Waals surface area contributed by atoms with Crippen LogP contribution in [0.3, 0.4) is 0 Å². The molecule has 3 atom stereocenters. The number of aryl methyl sites for hydroxylation is 2. The topological polar surface area (TPSA) is 61.2 Å². The molecule has 0 bridgehead atoms. The monoisotopic (exact) mass is 348 g/mol. The molecule has 2 aliphatic rings. The SMILES string of the molecule is COCC1CC2(CC(c3cn(C)nn3)N1)OCCc1cc(C)sc12. The maximum absolute atomic E-state index is 6.44. The molecule has 2 aliphatic heterocycles. The molecule has 6 nitrogen and oxygen atoms in total. The van der Waals surface area contributed by atoms with Crippen molar-refractivity contribution in [3.8, 4) is 0 Å². The molecule has 7 heteroatoms. The van der Waals surface area contributed by atoms with E-state index in [-0.39, 0.29) is 17.7 Å². The van der Waals surface area contributed by atoms with Gasteiger partial charge in [-0.1, -0.05) is 5.21 Å². The zero-order valence-corrected chi connectivity index (χ0v) is 15.2. The maximum atomic E-state index is 6.44. The highest BCUT2D eigenvalue weighted by atomic mass is 32.1. The van der Waals surface area contributed by atoms with Crippen molar-refractivity contribution in [2.75, 3.05) is 20.3 Å².